The van der Waals surface area contributed by atoms with E-state index in [0.29, 0.717) is 6.54 Å². The molecule has 0 N–H and O–H groups in total. The van der Waals surface area contributed by atoms with E-state index in [9.17, 15) is 4.79 Å². The van der Waals surface area contributed by atoms with E-state index in [0.717, 1.165) is 55.4 Å². The van der Waals surface area contributed by atoms with Gasteiger partial charge in [0.05, 0.1) is 0 Å². The minimum absolute atomic E-state index is 0.0162. The summed E-state index contributed by atoms with van der Waals surface area (Å²) in [4.78, 5) is 19.5. The van der Waals surface area contributed by atoms with Gasteiger partial charge >= 0.3 is 6.03 Å². The first kappa shape index (κ1) is 19.2. The van der Waals surface area contributed by atoms with E-state index < -0.39 is 0 Å². The molecule has 6 rings (SSSR count). The van der Waals surface area contributed by atoms with E-state index in [-0.39, 0.29) is 11.6 Å². The maximum Gasteiger partial charge on any atom is 0.329 e. The highest BCUT2D eigenvalue weighted by atomic mass is 16.5. The molecule has 0 aromatic heterocycles. The first-order chi connectivity index (χ1) is 15.2. The molecule has 5 heteroatoms. The van der Waals surface area contributed by atoms with Crippen LogP contribution in [0.4, 0.5) is 16.2 Å². The fourth-order valence-corrected chi connectivity index (χ4v) is 5.70. The number of fused-ring (bicyclic) bond motifs is 1. The Labute approximate surface area is 184 Å². The smallest absolute Gasteiger partial charge is 0.329 e. The molecule has 0 radical (unpaired) electrons. The van der Waals surface area contributed by atoms with Crippen LogP contribution in [0.2, 0.25) is 0 Å². The van der Waals surface area contributed by atoms with Gasteiger partial charge in [0.25, 0.3) is 0 Å². The topological polar surface area (TPSA) is 36.0 Å². The van der Waals surface area contributed by atoms with Crippen LogP contribution in [-0.4, -0.2) is 48.8 Å². The van der Waals surface area contributed by atoms with Crippen molar-refractivity contribution in [3.63, 3.8) is 0 Å². The Balaban J connectivity index is 1.15. The Morgan fingerprint density at radius 3 is 2.29 bits per heavy atom. The Bertz CT molecular complexity index is 964. The minimum Gasteiger partial charge on any atom is -0.487 e. The number of benzene rings is 2. The van der Waals surface area contributed by atoms with Gasteiger partial charge in [-0.2, -0.15) is 0 Å². The molecule has 3 fully saturated rings. The van der Waals surface area contributed by atoms with Crippen molar-refractivity contribution in [3.05, 3.63) is 54.1 Å². The van der Waals surface area contributed by atoms with Gasteiger partial charge in [0.15, 0.2) is 0 Å². The predicted octanol–water partition coefficient (Wildman–Crippen LogP) is 4.85. The average molecular weight is 418 g/mol. The van der Waals surface area contributed by atoms with Crippen molar-refractivity contribution in [2.45, 2.75) is 56.6 Å². The minimum atomic E-state index is 0.0162. The summed E-state index contributed by atoms with van der Waals surface area (Å²) in [6, 6.07) is 17.2. The van der Waals surface area contributed by atoms with Crippen LogP contribution in [0.15, 0.2) is 48.5 Å². The highest BCUT2D eigenvalue weighted by molar-refractivity contribution is 6.06. The van der Waals surface area contributed by atoms with Crippen molar-refractivity contribution < 1.29 is 9.53 Å². The predicted molar refractivity (Wildman–Crippen MR) is 123 cm³/mol. The molecular weight excluding hydrogens is 386 g/mol. The summed E-state index contributed by atoms with van der Waals surface area (Å²) in [6.45, 7) is 3.79. The zero-order valence-electron chi connectivity index (χ0n) is 18.1. The van der Waals surface area contributed by atoms with Crippen LogP contribution >= 0.6 is 0 Å². The number of urea groups is 1. The molecule has 2 amide bonds. The molecule has 31 heavy (non-hydrogen) atoms. The number of hydrogen-bond acceptors (Lipinski definition) is 3. The van der Waals surface area contributed by atoms with Crippen molar-refractivity contribution in [2.75, 3.05) is 36.0 Å². The molecule has 2 aromatic rings. The molecule has 0 bridgehead atoms. The van der Waals surface area contributed by atoms with E-state index in [1.54, 1.807) is 0 Å². The molecule has 1 saturated carbocycles. The highest BCUT2D eigenvalue weighted by Gasteiger charge is 2.41. The lowest BCUT2D eigenvalue weighted by Gasteiger charge is -2.48. The van der Waals surface area contributed by atoms with Crippen LogP contribution in [0.5, 0.6) is 5.75 Å². The largest absolute Gasteiger partial charge is 0.487 e. The van der Waals surface area contributed by atoms with Gasteiger partial charge in [0.2, 0.25) is 0 Å². The van der Waals surface area contributed by atoms with E-state index in [4.69, 9.17) is 4.74 Å². The monoisotopic (exact) mass is 417 g/mol. The zero-order valence-corrected chi connectivity index (χ0v) is 18.1. The van der Waals surface area contributed by atoms with Gasteiger partial charge in [-0.1, -0.05) is 24.6 Å². The average Bonchev–Trinajstić information content (AvgIpc) is 3.16. The lowest BCUT2D eigenvalue weighted by molar-refractivity contribution is -0.0336. The summed E-state index contributed by atoms with van der Waals surface area (Å²) in [5.74, 6) is 1.03. The summed E-state index contributed by atoms with van der Waals surface area (Å²) in [6.07, 6.45) is 8.58. The normalized spacial score (nSPS) is 23.5. The number of aryl methyl sites for hydroxylation is 1. The number of nitrogens with zero attached hydrogens (tertiary/aromatic N) is 3. The third-order valence-corrected chi connectivity index (χ3v) is 7.91. The van der Waals surface area contributed by atoms with Crippen LogP contribution in [0.25, 0.3) is 0 Å². The molecule has 2 saturated heterocycles. The Morgan fingerprint density at radius 1 is 0.839 bits per heavy atom. The van der Waals surface area contributed by atoms with Crippen molar-refractivity contribution in [2.24, 2.45) is 0 Å². The summed E-state index contributed by atoms with van der Waals surface area (Å²) in [5.41, 5.74) is 3.21. The summed E-state index contributed by atoms with van der Waals surface area (Å²) < 4.78 is 6.63. The number of hydrogen-bond donors (Lipinski definition) is 0. The van der Waals surface area contributed by atoms with Gasteiger partial charge < -0.3 is 9.64 Å². The number of ether oxygens (including phenoxy) is 1. The summed E-state index contributed by atoms with van der Waals surface area (Å²) in [7, 11) is 0. The fourth-order valence-electron chi connectivity index (χ4n) is 5.70. The number of para-hydroxylation sites is 1. The van der Waals surface area contributed by atoms with Crippen LogP contribution in [0.3, 0.4) is 0 Å². The number of carbonyl (C=O) groups is 1. The molecule has 5 nitrogen and oxygen atoms in total. The van der Waals surface area contributed by atoms with E-state index in [2.05, 4.69) is 23.1 Å². The van der Waals surface area contributed by atoms with E-state index in [1.165, 1.54) is 37.9 Å². The third kappa shape index (κ3) is 3.39. The van der Waals surface area contributed by atoms with Gasteiger partial charge in [0.1, 0.15) is 11.4 Å². The molecule has 1 aliphatic carbocycles. The Hall–Kier alpha value is -2.53. The maximum atomic E-state index is 13.0. The van der Waals surface area contributed by atoms with Crippen molar-refractivity contribution in [3.8, 4) is 5.75 Å². The highest BCUT2D eigenvalue weighted by Crippen LogP contribution is 2.42. The fraction of sp³-hybridized carbons (Fsp3) is 0.500. The zero-order chi connectivity index (χ0) is 20.8. The Kier molecular flexibility index (Phi) is 4.67. The molecule has 3 heterocycles. The van der Waals surface area contributed by atoms with Gasteiger partial charge in [-0.3, -0.25) is 9.80 Å². The van der Waals surface area contributed by atoms with Crippen molar-refractivity contribution in [1.29, 1.82) is 0 Å². The molecule has 4 aliphatic rings. The van der Waals surface area contributed by atoms with Gasteiger partial charge in [0, 0.05) is 43.6 Å². The number of rotatable bonds is 3. The van der Waals surface area contributed by atoms with Crippen LogP contribution < -0.4 is 14.5 Å². The van der Waals surface area contributed by atoms with Gasteiger partial charge in [-0.25, -0.2) is 4.79 Å². The van der Waals surface area contributed by atoms with Gasteiger partial charge in [-0.05, 0) is 74.4 Å². The lowest BCUT2D eigenvalue weighted by atomic mass is 9.81. The van der Waals surface area contributed by atoms with Crippen LogP contribution in [0, 0.1) is 0 Å². The van der Waals surface area contributed by atoms with Crippen molar-refractivity contribution >= 4 is 17.4 Å². The second kappa shape index (κ2) is 7.56. The quantitative estimate of drug-likeness (QED) is 0.717. The third-order valence-electron chi connectivity index (χ3n) is 7.91. The second-order valence-corrected chi connectivity index (χ2v) is 9.62. The maximum absolute atomic E-state index is 13.0. The van der Waals surface area contributed by atoms with Gasteiger partial charge in [-0.15, -0.1) is 0 Å². The molecule has 162 valence electrons. The number of carbonyl (C=O) groups excluding carboxylic acids is 1. The summed E-state index contributed by atoms with van der Waals surface area (Å²) in [5, 5.41) is 0. The van der Waals surface area contributed by atoms with Crippen LogP contribution in [0.1, 0.15) is 44.1 Å². The lowest BCUT2D eigenvalue weighted by Crippen LogP contribution is -2.53. The standard InChI is InChI=1S/C26H31N3O2/c30-25-28(22-5-2-1-3-6-22)17-18-29(25)23-9-10-24-20(19-23)11-12-26(31-24)13-15-27(16-14-26)21-7-4-8-21/h1-3,5-6,9-10,19,21H,4,7-8,11-18H2. The summed E-state index contributed by atoms with van der Waals surface area (Å²) >= 11 is 0. The van der Waals surface area contributed by atoms with Crippen molar-refractivity contribution in [1.82, 2.24) is 4.90 Å². The molecule has 0 atom stereocenters. The Morgan fingerprint density at radius 2 is 1.58 bits per heavy atom. The molecule has 3 aliphatic heterocycles. The second-order valence-electron chi connectivity index (χ2n) is 9.62. The molecule has 2 aromatic carbocycles. The SMILES string of the molecule is O=C1N(c2ccccc2)CCN1c1ccc2c(c1)CCC1(CCN(C3CCC3)CC1)O2. The number of piperidine rings is 1. The molecule has 1 spiro atoms. The molecular formula is C26H31N3O2. The first-order valence-electron chi connectivity index (χ1n) is 11.9. The number of likely N-dealkylation sites (tertiary alicyclic amines) is 1. The van der Waals surface area contributed by atoms with E-state index >= 15 is 0 Å². The first-order valence-corrected chi connectivity index (χ1v) is 11.9. The van der Waals surface area contributed by atoms with Crippen LogP contribution in [-0.2, 0) is 6.42 Å². The number of amides is 2. The number of anilines is 2. The van der Waals surface area contributed by atoms with E-state index in [1.807, 2.05) is 40.1 Å². The molecule has 0 unspecified atom stereocenters.